The molecule has 0 fully saturated rings. The molecule has 0 saturated carbocycles. The van der Waals surface area contributed by atoms with Crippen molar-refractivity contribution in [1.29, 1.82) is 0 Å². The highest BCUT2D eigenvalue weighted by Gasteiger charge is 2.27. The van der Waals surface area contributed by atoms with Gasteiger partial charge in [-0.2, -0.15) is 0 Å². The van der Waals surface area contributed by atoms with Gasteiger partial charge in [0.1, 0.15) is 0 Å². The molecule has 1 aliphatic heterocycles. The summed E-state index contributed by atoms with van der Waals surface area (Å²) in [5, 5.41) is 10.7. The van der Waals surface area contributed by atoms with Crippen LogP contribution in [0.25, 0.3) is 0 Å². The second-order valence-electron chi connectivity index (χ2n) is 5.95. The van der Waals surface area contributed by atoms with Crippen molar-refractivity contribution in [3.8, 4) is 0 Å². The van der Waals surface area contributed by atoms with E-state index < -0.39 is 0 Å². The zero-order valence-electron chi connectivity index (χ0n) is 12.7. The largest absolute Gasteiger partial charge is 0.392 e. The quantitative estimate of drug-likeness (QED) is 0.631. The van der Waals surface area contributed by atoms with Gasteiger partial charge < -0.3 is 5.11 Å². The third-order valence-corrected chi connectivity index (χ3v) is 5.64. The minimum Gasteiger partial charge on any atom is -0.392 e. The Labute approximate surface area is 128 Å². The molecule has 0 radical (unpaired) electrons. The van der Waals surface area contributed by atoms with E-state index in [0.29, 0.717) is 5.25 Å². The third kappa shape index (κ3) is 4.82. The second kappa shape index (κ2) is 8.74. The number of unbranched alkanes of at least 4 members (excludes halogenated alkanes) is 6. The zero-order valence-corrected chi connectivity index (χ0v) is 13.5. The van der Waals surface area contributed by atoms with Crippen LogP contribution in [0.5, 0.6) is 0 Å². The molecule has 112 valence electrons. The lowest BCUT2D eigenvalue weighted by Gasteiger charge is -2.16. The first kappa shape index (κ1) is 15.9. The van der Waals surface area contributed by atoms with Crippen LogP contribution in [-0.4, -0.2) is 16.5 Å². The summed E-state index contributed by atoms with van der Waals surface area (Å²) in [7, 11) is 0. The van der Waals surface area contributed by atoms with Crippen LogP contribution in [0, 0.1) is 0 Å². The fourth-order valence-corrected chi connectivity index (χ4v) is 4.26. The molecule has 1 heterocycles. The summed E-state index contributed by atoms with van der Waals surface area (Å²) in [6.07, 6.45) is 11.1. The first-order chi connectivity index (χ1) is 9.81. The molecular weight excluding hydrogens is 264 g/mol. The van der Waals surface area contributed by atoms with Gasteiger partial charge in [-0.05, 0) is 24.5 Å². The van der Waals surface area contributed by atoms with Crippen molar-refractivity contribution in [1.82, 2.24) is 0 Å². The molecule has 1 N–H and O–H groups in total. The molecule has 2 heteroatoms. The van der Waals surface area contributed by atoms with Crippen LogP contribution in [0.15, 0.2) is 29.2 Å². The molecule has 2 rings (SSSR count). The van der Waals surface area contributed by atoms with Crippen LogP contribution < -0.4 is 0 Å². The van der Waals surface area contributed by atoms with Crippen molar-refractivity contribution in [2.24, 2.45) is 0 Å². The van der Waals surface area contributed by atoms with Gasteiger partial charge in [0.25, 0.3) is 0 Å². The summed E-state index contributed by atoms with van der Waals surface area (Å²) in [5.74, 6) is 0. The van der Waals surface area contributed by atoms with Gasteiger partial charge in [0.15, 0.2) is 0 Å². The first-order valence-corrected chi connectivity index (χ1v) is 9.12. The maximum atomic E-state index is 10.3. The summed E-state index contributed by atoms with van der Waals surface area (Å²) >= 11 is 1.87. The van der Waals surface area contributed by atoms with Crippen molar-refractivity contribution in [3.63, 3.8) is 0 Å². The molecule has 20 heavy (non-hydrogen) atoms. The Balaban J connectivity index is 1.59. The highest BCUT2D eigenvalue weighted by atomic mass is 32.2. The Hall–Kier alpha value is -0.470. The lowest BCUT2D eigenvalue weighted by atomic mass is 10.0. The minimum absolute atomic E-state index is 0.136. The van der Waals surface area contributed by atoms with Crippen molar-refractivity contribution in [3.05, 3.63) is 29.8 Å². The molecule has 1 aromatic rings. The molecule has 1 aromatic carbocycles. The van der Waals surface area contributed by atoms with E-state index in [4.69, 9.17) is 0 Å². The smallest absolute Gasteiger partial charge is 0.0665 e. The number of fused-ring (bicyclic) bond motifs is 1. The Bertz CT molecular complexity index is 366. The van der Waals surface area contributed by atoms with Gasteiger partial charge in [0, 0.05) is 10.1 Å². The molecule has 0 aliphatic carbocycles. The SMILES string of the molecule is CCCCCCCCCC(O)C1Cc2ccccc2S1. The number of hydrogen-bond donors (Lipinski definition) is 1. The molecule has 0 aromatic heterocycles. The van der Waals surface area contributed by atoms with E-state index in [2.05, 4.69) is 31.2 Å². The lowest BCUT2D eigenvalue weighted by Crippen LogP contribution is -2.22. The molecule has 0 spiro atoms. The van der Waals surface area contributed by atoms with Gasteiger partial charge in [-0.1, -0.05) is 70.1 Å². The predicted molar refractivity (Wildman–Crippen MR) is 88.4 cm³/mol. The summed E-state index contributed by atoms with van der Waals surface area (Å²) in [4.78, 5) is 1.37. The van der Waals surface area contributed by atoms with E-state index in [0.717, 1.165) is 12.8 Å². The van der Waals surface area contributed by atoms with E-state index in [1.165, 1.54) is 55.4 Å². The van der Waals surface area contributed by atoms with Gasteiger partial charge in [-0.25, -0.2) is 0 Å². The molecule has 2 unspecified atom stereocenters. The van der Waals surface area contributed by atoms with Gasteiger partial charge >= 0.3 is 0 Å². The van der Waals surface area contributed by atoms with Crippen molar-refractivity contribution in [2.45, 2.75) is 81.0 Å². The number of aliphatic hydroxyl groups is 1. The average molecular weight is 292 g/mol. The fourth-order valence-electron chi connectivity index (χ4n) is 2.92. The number of rotatable bonds is 9. The monoisotopic (exact) mass is 292 g/mol. The summed E-state index contributed by atoms with van der Waals surface area (Å²) in [6.45, 7) is 2.26. The number of aliphatic hydroxyl groups excluding tert-OH is 1. The van der Waals surface area contributed by atoms with Crippen LogP contribution in [0.4, 0.5) is 0 Å². The topological polar surface area (TPSA) is 20.2 Å². The van der Waals surface area contributed by atoms with Crippen LogP contribution in [0.3, 0.4) is 0 Å². The molecule has 0 amide bonds. The fraction of sp³-hybridized carbons (Fsp3) is 0.667. The Morgan fingerprint density at radius 1 is 1.10 bits per heavy atom. The highest BCUT2D eigenvalue weighted by Crippen LogP contribution is 2.39. The second-order valence-corrected chi connectivity index (χ2v) is 7.23. The lowest BCUT2D eigenvalue weighted by molar-refractivity contribution is 0.158. The zero-order chi connectivity index (χ0) is 14.2. The normalized spacial score (nSPS) is 19.0. The number of thioether (sulfide) groups is 1. The minimum atomic E-state index is -0.136. The molecular formula is C18H28OS. The molecule has 1 nitrogen and oxygen atoms in total. The molecule has 0 bridgehead atoms. The van der Waals surface area contributed by atoms with Crippen LogP contribution >= 0.6 is 11.8 Å². The van der Waals surface area contributed by atoms with Gasteiger partial charge in [-0.3, -0.25) is 0 Å². The van der Waals surface area contributed by atoms with Crippen molar-refractivity contribution < 1.29 is 5.11 Å². The number of benzene rings is 1. The van der Waals surface area contributed by atoms with Gasteiger partial charge in [0.2, 0.25) is 0 Å². The maximum Gasteiger partial charge on any atom is 0.0665 e. The maximum absolute atomic E-state index is 10.3. The average Bonchev–Trinajstić information content (AvgIpc) is 2.90. The molecule has 1 aliphatic rings. The summed E-state index contributed by atoms with van der Waals surface area (Å²) in [5.41, 5.74) is 1.42. The first-order valence-electron chi connectivity index (χ1n) is 8.24. The van der Waals surface area contributed by atoms with Gasteiger partial charge in [-0.15, -0.1) is 11.8 Å². The van der Waals surface area contributed by atoms with E-state index in [-0.39, 0.29) is 6.10 Å². The van der Waals surface area contributed by atoms with E-state index in [1.807, 2.05) is 11.8 Å². The van der Waals surface area contributed by atoms with Crippen LogP contribution in [0.2, 0.25) is 0 Å². The Morgan fingerprint density at radius 3 is 2.55 bits per heavy atom. The Kier molecular flexibility index (Phi) is 6.95. The third-order valence-electron chi connectivity index (χ3n) is 4.20. The number of hydrogen-bond acceptors (Lipinski definition) is 2. The Morgan fingerprint density at radius 2 is 1.80 bits per heavy atom. The molecule has 2 atom stereocenters. The van der Waals surface area contributed by atoms with Crippen LogP contribution in [-0.2, 0) is 6.42 Å². The highest BCUT2D eigenvalue weighted by molar-refractivity contribution is 8.00. The van der Waals surface area contributed by atoms with E-state index in [1.54, 1.807) is 0 Å². The standard InChI is InChI=1S/C18H28OS/c1-2-3-4-5-6-7-8-12-16(19)18-14-15-11-9-10-13-17(15)20-18/h9-11,13,16,18-19H,2-8,12,14H2,1H3. The summed E-state index contributed by atoms with van der Waals surface area (Å²) in [6, 6.07) is 8.57. The van der Waals surface area contributed by atoms with Crippen molar-refractivity contribution >= 4 is 11.8 Å². The van der Waals surface area contributed by atoms with Crippen molar-refractivity contribution in [2.75, 3.05) is 0 Å². The van der Waals surface area contributed by atoms with Crippen LogP contribution in [0.1, 0.15) is 63.9 Å². The predicted octanol–water partition coefficient (Wildman–Crippen LogP) is 5.21. The van der Waals surface area contributed by atoms with Gasteiger partial charge in [0.05, 0.1) is 6.10 Å². The summed E-state index contributed by atoms with van der Waals surface area (Å²) < 4.78 is 0. The van der Waals surface area contributed by atoms with E-state index in [9.17, 15) is 5.11 Å². The molecule has 0 saturated heterocycles. The van der Waals surface area contributed by atoms with E-state index >= 15 is 0 Å².